The molecular formula is C22H18FNO2S. The molecule has 5 heteroatoms. The van der Waals surface area contributed by atoms with Crippen molar-refractivity contribution in [1.82, 2.24) is 0 Å². The topological polar surface area (TPSA) is 46.2 Å². The molecule has 0 radical (unpaired) electrons. The molecule has 0 spiro atoms. The van der Waals surface area contributed by atoms with Crippen LogP contribution in [0.2, 0.25) is 0 Å². The van der Waals surface area contributed by atoms with Crippen molar-refractivity contribution in [3.8, 4) is 0 Å². The van der Waals surface area contributed by atoms with E-state index in [9.17, 15) is 14.0 Å². The van der Waals surface area contributed by atoms with Crippen molar-refractivity contribution in [1.29, 1.82) is 0 Å². The van der Waals surface area contributed by atoms with E-state index in [1.165, 1.54) is 17.8 Å². The van der Waals surface area contributed by atoms with Gasteiger partial charge in [-0.1, -0.05) is 60.7 Å². The van der Waals surface area contributed by atoms with Gasteiger partial charge in [0, 0.05) is 16.9 Å². The van der Waals surface area contributed by atoms with Gasteiger partial charge < -0.3 is 5.32 Å². The van der Waals surface area contributed by atoms with E-state index in [4.69, 9.17) is 0 Å². The third-order valence-corrected chi connectivity index (χ3v) is 4.91. The zero-order valence-corrected chi connectivity index (χ0v) is 15.3. The van der Waals surface area contributed by atoms with Crippen LogP contribution in [0, 0.1) is 5.82 Å². The molecular weight excluding hydrogens is 361 g/mol. The van der Waals surface area contributed by atoms with Crippen LogP contribution < -0.4 is 5.32 Å². The van der Waals surface area contributed by atoms with Gasteiger partial charge in [0.25, 0.3) is 0 Å². The number of amides is 1. The van der Waals surface area contributed by atoms with Gasteiger partial charge in [-0.2, -0.15) is 0 Å². The Morgan fingerprint density at radius 3 is 2.30 bits per heavy atom. The molecule has 0 unspecified atom stereocenters. The lowest BCUT2D eigenvalue weighted by molar-refractivity contribution is -0.113. The van der Waals surface area contributed by atoms with E-state index in [1.807, 2.05) is 6.07 Å². The van der Waals surface area contributed by atoms with Crippen LogP contribution in [0.4, 0.5) is 10.1 Å². The van der Waals surface area contributed by atoms with Crippen molar-refractivity contribution in [2.45, 2.75) is 5.75 Å². The Labute approximate surface area is 161 Å². The van der Waals surface area contributed by atoms with E-state index >= 15 is 0 Å². The average Bonchev–Trinajstić information content (AvgIpc) is 2.70. The summed E-state index contributed by atoms with van der Waals surface area (Å²) in [6.45, 7) is 0. The Morgan fingerprint density at radius 2 is 1.52 bits per heavy atom. The summed E-state index contributed by atoms with van der Waals surface area (Å²) >= 11 is 1.32. The van der Waals surface area contributed by atoms with Crippen molar-refractivity contribution in [2.24, 2.45) is 0 Å². The standard InChI is InChI=1S/C22H18FNO2S/c23-19-12-6-4-10-17(19)14-27-15-21(25)24-20-13-7-5-11-18(20)22(26)16-8-2-1-3-9-16/h1-13H,14-15H2,(H,24,25). The predicted octanol–water partition coefficient (Wildman–Crippen LogP) is 4.93. The molecule has 0 fully saturated rings. The molecule has 0 bridgehead atoms. The van der Waals surface area contributed by atoms with Gasteiger partial charge in [0.1, 0.15) is 5.82 Å². The van der Waals surface area contributed by atoms with Crippen LogP contribution in [0.3, 0.4) is 0 Å². The molecule has 3 rings (SSSR count). The maximum Gasteiger partial charge on any atom is 0.234 e. The highest BCUT2D eigenvalue weighted by atomic mass is 32.2. The minimum atomic E-state index is -0.274. The first-order valence-electron chi connectivity index (χ1n) is 8.45. The quantitative estimate of drug-likeness (QED) is 0.592. The summed E-state index contributed by atoms with van der Waals surface area (Å²) in [6.07, 6.45) is 0. The number of hydrogen-bond donors (Lipinski definition) is 1. The molecule has 0 saturated carbocycles. The number of anilines is 1. The van der Waals surface area contributed by atoms with Crippen LogP contribution in [0.5, 0.6) is 0 Å². The normalized spacial score (nSPS) is 10.4. The fourth-order valence-corrected chi connectivity index (χ4v) is 3.40. The Kier molecular flexibility index (Phi) is 6.39. The molecule has 0 aliphatic rings. The average molecular weight is 379 g/mol. The number of hydrogen-bond acceptors (Lipinski definition) is 3. The Hall–Kier alpha value is -2.92. The number of halogens is 1. The molecule has 1 N–H and O–H groups in total. The lowest BCUT2D eigenvalue weighted by atomic mass is 10.0. The van der Waals surface area contributed by atoms with Gasteiger partial charge >= 0.3 is 0 Å². The minimum Gasteiger partial charge on any atom is -0.325 e. The highest BCUT2D eigenvalue weighted by Gasteiger charge is 2.14. The largest absolute Gasteiger partial charge is 0.325 e. The van der Waals surface area contributed by atoms with Gasteiger partial charge in [0.2, 0.25) is 5.91 Å². The van der Waals surface area contributed by atoms with Crippen LogP contribution in [0.15, 0.2) is 78.9 Å². The van der Waals surface area contributed by atoms with E-state index in [2.05, 4.69) is 5.32 Å². The van der Waals surface area contributed by atoms with Crippen molar-refractivity contribution in [2.75, 3.05) is 11.1 Å². The molecule has 0 aliphatic heterocycles. The third kappa shape index (κ3) is 5.05. The number of nitrogens with one attached hydrogen (secondary N) is 1. The van der Waals surface area contributed by atoms with Crippen molar-refractivity contribution < 1.29 is 14.0 Å². The fraction of sp³-hybridized carbons (Fsp3) is 0.0909. The molecule has 0 aromatic heterocycles. The zero-order chi connectivity index (χ0) is 19.1. The van der Waals surface area contributed by atoms with E-state index < -0.39 is 0 Å². The number of thioether (sulfide) groups is 1. The smallest absolute Gasteiger partial charge is 0.234 e. The molecule has 0 atom stereocenters. The summed E-state index contributed by atoms with van der Waals surface area (Å²) in [5, 5.41) is 2.79. The second-order valence-corrected chi connectivity index (χ2v) is 6.86. The first kappa shape index (κ1) is 18.9. The van der Waals surface area contributed by atoms with Gasteiger partial charge in [-0.05, 0) is 23.8 Å². The summed E-state index contributed by atoms with van der Waals surface area (Å²) in [4.78, 5) is 24.9. The monoisotopic (exact) mass is 379 g/mol. The second-order valence-electron chi connectivity index (χ2n) is 5.87. The number of rotatable bonds is 7. The number of carbonyl (C=O) groups excluding carboxylic acids is 2. The number of ketones is 1. The summed E-state index contributed by atoms with van der Waals surface area (Å²) in [5.41, 5.74) is 2.04. The maximum atomic E-state index is 13.6. The van der Waals surface area contributed by atoms with Crippen LogP contribution in [0.25, 0.3) is 0 Å². The maximum absolute atomic E-state index is 13.6. The number of carbonyl (C=O) groups is 2. The van der Waals surface area contributed by atoms with Crippen LogP contribution in [0.1, 0.15) is 21.5 Å². The molecule has 3 nitrogen and oxygen atoms in total. The third-order valence-electron chi connectivity index (χ3n) is 3.93. The number of benzene rings is 3. The Morgan fingerprint density at radius 1 is 0.852 bits per heavy atom. The second kappa shape index (κ2) is 9.14. The number of para-hydroxylation sites is 1. The lowest BCUT2D eigenvalue weighted by Crippen LogP contribution is -2.17. The van der Waals surface area contributed by atoms with Crippen LogP contribution in [-0.4, -0.2) is 17.4 Å². The van der Waals surface area contributed by atoms with E-state index in [-0.39, 0.29) is 23.3 Å². The predicted molar refractivity (Wildman–Crippen MR) is 108 cm³/mol. The van der Waals surface area contributed by atoms with Crippen molar-refractivity contribution >= 4 is 29.1 Å². The molecule has 1 amide bonds. The summed E-state index contributed by atoms with van der Waals surface area (Å²) in [6, 6.07) is 22.4. The minimum absolute atomic E-state index is 0.148. The van der Waals surface area contributed by atoms with Gasteiger partial charge in [-0.3, -0.25) is 9.59 Å². The Bertz CT molecular complexity index is 944. The lowest BCUT2D eigenvalue weighted by Gasteiger charge is -2.10. The van der Waals surface area contributed by atoms with Crippen molar-refractivity contribution in [3.63, 3.8) is 0 Å². The fourth-order valence-electron chi connectivity index (χ4n) is 2.59. The molecule has 0 heterocycles. The molecule has 0 saturated heterocycles. The van der Waals surface area contributed by atoms with Gasteiger partial charge in [0.15, 0.2) is 5.78 Å². The van der Waals surface area contributed by atoms with Gasteiger partial charge in [0.05, 0.1) is 11.4 Å². The highest BCUT2D eigenvalue weighted by molar-refractivity contribution is 7.99. The van der Waals surface area contributed by atoms with E-state index in [1.54, 1.807) is 66.7 Å². The molecule has 27 heavy (non-hydrogen) atoms. The summed E-state index contributed by atoms with van der Waals surface area (Å²) < 4.78 is 13.6. The first-order valence-corrected chi connectivity index (χ1v) is 9.60. The van der Waals surface area contributed by atoms with Gasteiger partial charge in [-0.25, -0.2) is 4.39 Å². The van der Waals surface area contributed by atoms with Crippen molar-refractivity contribution in [3.05, 3.63) is 101 Å². The van der Waals surface area contributed by atoms with E-state index in [0.29, 0.717) is 28.1 Å². The SMILES string of the molecule is O=C(CSCc1ccccc1F)Nc1ccccc1C(=O)c1ccccc1. The van der Waals surface area contributed by atoms with Gasteiger partial charge in [-0.15, -0.1) is 11.8 Å². The summed E-state index contributed by atoms with van der Waals surface area (Å²) in [7, 11) is 0. The highest BCUT2D eigenvalue weighted by Crippen LogP contribution is 2.20. The molecule has 3 aromatic rings. The first-order chi connectivity index (χ1) is 13.1. The summed E-state index contributed by atoms with van der Waals surface area (Å²) in [5.74, 6) is -0.0771. The molecule has 0 aliphatic carbocycles. The Balaban J connectivity index is 1.63. The molecule has 3 aromatic carbocycles. The van der Waals surface area contributed by atoms with Crippen LogP contribution >= 0.6 is 11.8 Å². The zero-order valence-electron chi connectivity index (χ0n) is 14.5. The van der Waals surface area contributed by atoms with Crippen LogP contribution in [-0.2, 0) is 10.5 Å². The molecule has 136 valence electrons. The van der Waals surface area contributed by atoms with E-state index in [0.717, 1.165) is 0 Å².